The molecule has 0 aliphatic heterocycles. The first-order valence-electron chi connectivity index (χ1n) is 9.04. The highest BCUT2D eigenvalue weighted by Crippen LogP contribution is 2.36. The van der Waals surface area contributed by atoms with Gasteiger partial charge in [0.2, 0.25) is 5.91 Å². The van der Waals surface area contributed by atoms with Crippen LogP contribution in [0.15, 0.2) is 53.4 Å². The molecular weight excluding hydrogens is 358 g/mol. The summed E-state index contributed by atoms with van der Waals surface area (Å²) in [5, 5.41) is 13.9. The number of amides is 1. The molecule has 142 valence electrons. The minimum absolute atomic E-state index is 0.195. The molecule has 4 nitrogen and oxygen atoms in total. The average molecular weight is 384 g/mol. The molecule has 2 aromatic rings. The largest absolute Gasteiger partial charge is 0.497 e. The predicted molar refractivity (Wildman–Crippen MR) is 110 cm³/mol. The third-order valence-corrected chi connectivity index (χ3v) is 5.69. The highest BCUT2D eigenvalue weighted by Gasteiger charge is 2.34. The van der Waals surface area contributed by atoms with Crippen LogP contribution in [0.4, 0.5) is 0 Å². The molecule has 0 bridgehead atoms. The summed E-state index contributed by atoms with van der Waals surface area (Å²) in [6.07, 6.45) is 7.74. The van der Waals surface area contributed by atoms with Gasteiger partial charge in [-0.1, -0.05) is 18.2 Å². The Morgan fingerprint density at radius 1 is 1.30 bits per heavy atom. The lowest BCUT2D eigenvalue weighted by Gasteiger charge is -2.34. The molecule has 1 aliphatic carbocycles. The first-order valence-corrected chi connectivity index (χ1v) is 10.3. The fourth-order valence-electron chi connectivity index (χ4n) is 3.43. The Morgan fingerprint density at radius 2 is 2.07 bits per heavy atom. The Kier molecular flexibility index (Phi) is 6.24. The second kappa shape index (κ2) is 8.63. The molecule has 0 spiro atoms. The van der Waals surface area contributed by atoms with Crippen LogP contribution in [-0.4, -0.2) is 30.9 Å². The number of aliphatic hydroxyl groups is 1. The maximum Gasteiger partial charge on any atom is 0.244 e. The molecule has 0 radical (unpaired) electrons. The zero-order chi connectivity index (χ0) is 19.3. The fourth-order valence-corrected chi connectivity index (χ4v) is 3.83. The van der Waals surface area contributed by atoms with Gasteiger partial charge >= 0.3 is 0 Å². The van der Waals surface area contributed by atoms with Crippen molar-refractivity contribution in [2.24, 2.45) is 0 Å². The van der Waals surface area contributed by atoms with Gasteiger partial charge in [-0.05, 0) is 72.6 Å². The summed E-state index contributed by atoms with van der Waals surface area (Å²) >= 11 is 1.68. The number of aryl methyl sites for hydroxylation is 1. The number of thioether (sulfide) groups is 1. The molecule has 0 aromatic heterocycles. The number of methoxy groups -OCH3 is 1. The molecule has 3 rings (SSSR count). The number of hydrogen-bond acceptors (Lipinski definition) is 4. The first kappa shape index (κ1) is 19.5. The molecule has 0 fully saturated rings. The number of fused-ring (bicyclic) bond motifs is 1. The second-order valence-corrected chi connectivity index (χ2v) is 7.61. The maximum atomic E-state index is 12.2. The van der Waals surface area contributed by atoms with Crippen molar-refractivity contribution in [1.29, 1.82) is 0 Å². The Bertz CT molecular complexity index is 832. The van der Waals surface area contributed by atoms with Crippen molar-refractivity contribution in [2.45, 2.75) is 29.8 Å². The monoisotopic (exact) mass is 383 g/mol. The molecule has 27 heavy (non-hydrogen) atoms. The van der Waals surface area contributed by atoms with Gasteiger partial charge in [0.15, 0.2) is 0 Å². The average Bonchev–Trinajstić information content (AvgIpc) is 2.71. The zero-order valence-electron chi connectivity index (χ0n) is 15.7. The van der Waals surface area contributed by atoms with Crippen molar-refractivity contribution in [1.82, 2.24) is 5.32 Å². The molecule has 2 N–H and O–H groups in total. The van der Waals surface area contributed by atoms with Gasteiger partial charge < -0.3 is 15.2 Å². The summed E-state index contributed by atoms with van der Waals surface area (Å²) in [7, 11) is 1.64. The van der Waals surface area contributed by atoms with Gasteiger partial charge in [0.25, 0.3) is 0 Å². The lowest BCUT2D eigenvalue weighted by Crippen LogP contribution is -2.42. The van der Waals surface area contributed by atoms with Crippen molar-refractivity contribution in [3.05, 3.63) is 65.2 Å². The van der Waals surface area contributed by atoms with Crippen LogP contribution in [0.2, 0.25) is 0 Å². The van der Waals surface area contributed by atoms with Crippen molar-refractivity contribution in [3.8, 4) is 5.75 Å². The van der Waals surface area contributed by atoms with Gasteiger partial charge in [-0.3, -0.25) is 4.79 Å². The second-order valence-electron chi connectivity index (χ2n) is 6.73. The van der Waals surface area contributed by atoms with Crippen molar-refractivity contribution >= 4 is 23.7 Å². The van der Waals surface area contributed by atoms with E-state index in [0.717, 1.165) is 35.3 Å². The minimum atomic E-state index is -1.04. The molecular formula is C22H25NO3S. The Labute approximate surface area is 164 Å². The predicted octanol–water partition coefficient (Wildman–Crippen LogP) is 3.77. The van der Waals surface area contributed by atoms with Crippen molar-refractivity contribution in [3.63, 3.8) is 0 Å². The van der Waals surface area contributed by atoms with Crippen LogP contribution in [0.5, 0.6) is 5.75 Å². The third kappa shape index (κ3) is 4.73. The van der Waals surface area contributed by atoms with Gasteiger partial charge in [-0.25, -0.2) is 0 Å². The quantitative estimate of drug-likeness (QED) is 0.589. The number of nitrogens with one attached hydrogen (secondary N) is 1. The summed E-state index contributed by atoms with van der Waals surface area (Å²) in [5.74, 6) is 0.579. The van der Waals surface area contributed by atoms with E-state index in [1.54, 1.807) is 24.9 Å². The summed E-state index contributed by atoms with van der Waals surface area (Å²) in [6.45, 7) is 0.195. The van der Waals surface area contributed by atoms with Crippen molar-refractivity contribution in [2.75, 3.05) is 19.9 Å². The first-order chi connectivity index (χ1) is 13.0. The van der Waals surface area contributed by atoms with E-state index in [1.807, 2.05) is 48.7 Å². The molecule has 5 heteroatoms. The summed E-state index contributed by atoms with van der Waals surface area (Å²) < 4.78 is 5.27. The van der Waals surface area contributed by atoms with Gasteiger partial charge in [-0.15, -0.1) is 11.8 Å². The number of ether oxygens (including phenoxy) is 1. The molecule has 1 atom stereocenters. The highest BCUT2D eigenvalue weighted by atomic mass is 32.2. The lowest BCUT2D eigenvalue weighted by atomic mass is 9.79. The van der Waals surface area contributed by atoms with Gasteiger partial charge in [-0.2, -0.15) is 0 Å². The van der Waals surface area contributed by atoms with Crippen LogP contribution in [0.1, 0.15) is 29.5 Å². The van der Waals surface area contributed by atoms with Crippen LogP contribution in [-0.2, 0) is 16.8 Å². The highest BCUT2D eigenvalue weighted by molar-refractivity contribution is 7.98. The number of carbonyl (C=O) groups excluding carboxylic acids is 1. The number of carbonyl (C=O) groups is 1. The standard InChI is InChI=1S/C22H25NO3S/c1-26-18-8-11-20-17(14-18)4-3-13-22(20,25)15-23-21(24)12-7-16-5-9-19(27-2)10-6-16/h5-12,14,25H,3-4,13,15H2,1-2H3,(H,23,24)/b12-7+. The molecule has 0 heterocycles. The SMILES string of the molecule is COc1ccc2c(c1)CCCC2(O)CNC(=O)/C=C/c1ccc(SC)cc1. The van der Waals surface area contributed by atoms with E-state index < -0.39 is 5.60 Å². The molecule has 1 unspecified atom stereocenters. The lowest BCUT2D eigenvalue weighted by molar-refractivity contribution is -0.118. The van der Waals surface area contributed by atoms with Crippen molar-refractivity contribution < 1.29 is 14.6 Å². The van der Waals surface area contributed by atoms with E-state index in [4.69, 9.17) is 4.74 Å². The van der Waals surface area contributed by atoms with E-state index >= 15 is 0 Å². The van der Waals surface area contributed by atoms with Crippen LogP contribution >= 0.6 is 11.8 Å². The van der Waals surface area contributed by atoms with Crippen LogP contribution in [0, 0.1) is 0 Å². The van der Waals surface area contributed by atoms with Crippen LogP contribution in [0.3, 0.4) is 0 Å². The van der Waals surface area contributed by atoms with E-state index in [1.165, 1.54) is 11.0 Å². The Morgan fingerprint density at radius 3 is 2.78 bits per heavy atom. The number of hydrogen-bond donors (Lipinski definition) is 2. The number of benzene rings is 2. The third-order valence-electron chi connectivity index (χ3n) is 4.95. The normalized spacial score (nSPS) is 18.9. The summed E-state index contributed by atoms with van der Waals surface area (Å²) in [6, 6.07) is 13.7. The molecule has 1 amide bonds. The van der Waals surface area contributed by atoms with E-state index in [2.05, 4.69) is 5.32 Å². The topological polar surface area (TPSA) is 58.6 Å². The maximum absolute atomic E-state index is 12.2. The smallest absolute Gasteiger partial charge is 0.244 e. The Hall–Kier alpha value is -2.24. The number of rotatable bonds is 6. The summed E-state index contributed by atoms with van der Waals surface area (Å²) in [5.41, 5.74) is 1.90. The van der Waals surface area contributed by atoms with Gasteiger partial charge in [0, 0.05) is 11.0 Å². The molecule has 0 saturated carbocycles. The Balaban J connectivity index is 1.64. The van der Waals surface area contributed by atoms with E-state index in [-0.39, 0.29) is 12.5 Å². The van der Waals surface area contributed by atoms with E-state index in [9.17, 15) is 9.90 Å². The summed E-state index contributed by atoms with van der Waals surface area (Å²) in [4.78, 5) is 13.4. The van der Waals surface area contributed by atoms with Gasteiger partial charge in [0.05, 0.1) is 13.7 Å². The molecule has 1 aliphatic rings. The van der Waals surface area contributed by atoms with Crippen LogP contribution < -0.4 is 10.1 Å². The molecule has 2 aromatic carbocycles. The molecule has 0 saturated heterocycles. The van der Waals surface area contributed by atoms with Gasteiger partial charge in [0.1, 0.15) is 11.4 Å². The van der Waals surface area contributed by atoms with E-state index in [0.29, 0.717) is 6.42 Å². The minimum Gasteiger partial charge on any atom is -0.497 e. The fraction of sp³-hybridized carbons (Fsp3) is 0.318. The zero-order valence-corrected chi connectivity index (χ0v) is 16.5. The van der Waals surface area contributed by atoms with Crippen LogP contribution in [0.25, 0.3) is 6.08 Å².